The zero-order chi connectivity index (χ0) is 19.1. The zero-order valence-electron chi connectivity index (χ0n) is 14.4. The molecule has 0 atom stereocenters. The normalized spacial score (nSPS) is 10.2. The van der Waals surface area contributed by atoms with Gasteiger partial charge in [-0.3, -0.25) is 4.79 Å². The molecule has 0 unspecified atom stereocenters. The van der Waals surface area contributed by atoms with Gasteiger partial charge < -0.3 is 11.1 Å². The van der Waals surface area contributed by atoms with Crippen LogP contribution in [-0.4, -0.2) is 15.9 Å². The Kier molecular flexibility index (Phi) is 6.02. The topological polar surface area (TPSA) is 105 Å². The number of hydrogen-bond donors (Lipinski definition) is 2. The average molecular weight is 375 g/mol. The van der Waals surface area contributed by atoms with Crippen molar-refractivity contribution in [3.05, 3.63) is 72.2 Å². The van der Waals surface area contributed by atoms with Crippen LogP contribution in [0.25, 0.3) is 0 Å². The molecule has 0 bridgehead atoms. The minimum absolute atomic E-state index is 0.159. The van der Waals surface area contributed by atoms with E-state index in [1.54, 1.807) is 18.3 Å². The van der Waals surface area contributed by atoms with Crippen molar-refractivity contribution in [3.8, 4) is 6.07 Å². The van der Waals surface area contributed by atoms with E-state index >= 15 is 0 Å². The van der Waals surface area contributed by atoms with Gasteiger partial charge in [-0.25, -0.2) is 9.97 Å². The zero-order valence-corrected chi connectivity index (χ0v) is 15.2. The van der Waals surface area contributed by atoms with E-state index in [9.17, 15) is 4.79 Å². The van der Waals surface area contributed by atoms with Gasteiger partial charge in [0, 0.05) is 28.9 Å². The third kappa shape index (κ3) is 5.56. The molecule has 0 spiro atoms. The molecule has 2 aromatic carbocycles. The summed E-state index contributed by atoms with van der Waals surface area (Å²) in [5.74, 6) is 0.408. The minimum atomic E-state index is -0.320. The number of nitriles is 1. The van der Waals surface area contributed by atoms with E-state index in [0.717, 1.165) is 27.0 Å². The van der Waals surface area contributed by atoms with Crippen LogP contribution in [-0.2, 0) is 11.2 Å². The SMILES string of the molecule is N#CCC(=O)Nc1ccc(Sc2ccnc(Cc3cccc(N)c3)n2)cc1. The second-order valence-corrected chi connectivity index (χ2v) is 6.84. The van der Waals surface area contributed by atoms with Crippen LogP contribution in [0, 0.1) is 11.3 Å². The van der Waals surface area contributed by atoms with Gasteiger partial charge in [-0.05, 0) is 48.0 Å². The molecule has 27 heavy (non-hydrogen) atoms. The summed E-state index contributed by atoms with van der Waals surface area (Å²) < 4.78 is 0. The fourth-order valence-corrected chi connectivity index (χ4v) is 3.21. The van der Waals surface area contributed by atoms with Crippen molar-refractivity contribution in [2.75, 3.05) is 11.1 Å². The van der Waals surface area contributed by atoms with Gasteiger partial charge in [-0.1, -0.05) is 23.9 Å². The predicted molar refractivity (Wildman–Crippen MR) is 105 cm³/mol. The number of benzene rings is 2. The van der Waals surface area contributed by atoms with Crippen molar-refractivity contribution in [2.24, 2.45) is 0 Å². The predicted octanol–water partition coefficient (Wildman–Crippen LogP) is 3.65. The highest BCUT2D eigenvalue weighted by Crippen LogP contribution is 2.27. The smallest absolute Gasteiger partial charge is 0.238 e. The van der Waals surface area contributed by atoms with Crippen molar-refractivity contribution >= 4 is 29.0 Å². The summed E-state index contributed by atoms with van der Waals surface area (Å²) in [4.78, 5) is 21.3. The highest BCUT2D eigenvalue weighted by Gasteiger charge is 2.05. The van der Waals surface area contributed by atoms with E-state index in [1.165, 1.54) is 11.8 Å². The van der Waals surface area contributed by atoms with Crippen molar-refractivity contribution in [2.45, 2.75) is 22.8 Å². The van der Waals surface area contributed by atoms with Crippen LogP contribution in [0.4, 0.5) is 11.4 Å². The fourth-order valence-electron chi connectivity index (χ4n) is 2.41. The quantitative estimate of drug-likeness (QED) is 0.503. The maximum Gasteiger partial charge on any atom is 0.238 e. The Hall–Kier alpha value is -3.37. The van der Waals surface area contributed by atoms with E-state index in [4.69, 9.17) is 11.0 Å². The fraction of sp³-hybridized carbons (Fsp3) is 0.100. The Labute approximate surface area is 161 Å². The van der Waals surface area contributed by atoms with Crippen LogP contribution in [0.5, 0.6) is 0 Å². The molecule has 6 nitrogen and oxygen atoms in total. The first kappa shape index (κ1) is 18.4. The van der Waals surface area contributed by atoms with Gasteiger partial charge in [-0.15, -0.1) is 0 Å². The molecule has 0 fully saturated rings. The summed E-state index contributed by atoms with van der Waals surface area (Å²) in [6, 6.07) is 18.7. The number of nitrogens with one attached hydrogen (secondary N) is 1. The minimum Gasteiger partial charge on any atom is -0.399 e. The molecule has 0 saturated heterocycles. The first-order valence-corrected chi connectivity index (χ1v) is 9.05. The molecule has 1 heterocycles. The monoisotopic (exact) mass is 375 g/mol. The number of rotatable bonds is 6. The Balaban J connectivity index is 1.65. The molecule has 1 amide bonds. The van der Waals surface area contributed by atoms with E-state index in [2.05, 4.69) is 15.3 Å². The number of anilines is 2. The molecule has 0 radical (unpaired) electrons. The molecule has 1 aromatic heterocycles. The summed E-state index contributed by atoms with van der Waals surface area (Å²) in [7, 11) is 0. The van der Waals surface area contributed by atoms with Crippen LogP contribution in [0.2, 0.25) is 0 Å². The van der Waals surface area contributed by atoms with Gasteiger partial charge in [0.1, 0.15) is 17.3 Å². The average Bonchev–Trinajstić information content (AvgIpc) is 2.64. The number of carbonyl (C=O) groups is 1. The number of aromatic nitrogens is 2. The summed E-state index contributed by atoms with van der Waals surface area (Å²) in [6.45, 7) is 0. The van der Waals surface area contributed by atoms with Crippen molar-refractivity contribution in [3.63, 3.8) is 0 Å². The van der Waals surface area contributed by atoms with Gasteiger partial charge in [0.05, 0.1) is 6.07 Å². The van der Waals surface area contributed by atoms with Gasteiger partial charge in [-0.2, -0.15) is 5.26 Å². The molecular formula is C20H17N5OS. The van der Waals surface area contributed by atoms with Gasteiger partial charge >= 0.3 is 0 Å². The summed E-state index contributed by atoms with van der Waals surface area (Å²) in [5, 5.41) is 12.0. The summed E-state index contributed by atoms with van der Waals surface area (Å²) in [6.07, 6.45) is 2.20. The molecule has 7 heteroatoms. The molecule has 3 N–H and O–H groups in total. The number of nitrogen functional groups attached to an aromatic ring is 1. The van der Waals surface area contributed by atoms with Gasteiger partial charge in [0.25, 0.3) is 0 Å². The largest absolute Gasteiger partial charge is 0.399 e. The molecule has 3 aromatic rings. The molecule has 134 valence electrons. The van der Waals surface area contributed by atoms with E-state index in [-0.39, 0.29) is 12.3 Å². The molecule has 0 aliphatic rings. The Bertz CT molecular complexity index is 982. The molecule has 0 saturated carbocycles. The lowest BCUT2D eigenvalue weighted by Crippen LogP contribution is -2.09. The highest BCUT2D eigenvalue weighted by molar-refractivity contribution is 7.99. The lowest BCUT2D eigenvalue weighted by atomic mass is 10.1. The second kappa shape index (κ2) is 8.83. The maximum absolute atomic E-state index is 11.4. The molecule has 0 aliphatic carbocycles. The van der Waals surface area contributed by atoms with E-state index in [1.807, 2.05) is 48.5 Å². The van der Waals surface area contributed by atoms with Crippen LogP contribution < -0.4 is 11.1 Å². The highest BCUT2D eigenvalue weighted by atomic mass is 32.2. The first-order chi connectivity index (χ1) is 13.1. The van der Waals surface area contributed by atoms with Gasteiger partial charge in [0.2, 0.25) is 5.91 Å². The van der Waals surface area contributed by atoms with E-state index < -0.39 is 0 Å². The third-order valence-corrected chi connectivity index (χ3v) is 4.54. The molecular weight excluding hydrogens is 358 g/mol. The second-order valence-electron chi connectivity index (χ2n) is 5.74. The van der Waals surface area contributed by atoms with Crippen LogP contribution in [0.15, 0.2) is 70.7 Å². The van der Waals surface area contributed by atoms with Crippen molar-refractivity contribution in [1.82, 2.24) is 9.97 Å². The van der Waals surface area contributed by atoms with E-state index in [0.29, 0.717) is 12.1 Å². The van der Waals surface area contributed by atoms with Gasteiger partial charge in [0.15, 0.2) is 0 Å². The number of amides is 1. The Morgan fingerprint density at radius 1 is 1.19 bits per heavy atom. The lowest BCUT2D eigenvalue weighted by Gasteiger charge is -2.06. The Morgan fingerprint density at radius 3 is 2.74 bits per heavy atom. The molecule has 0 aliphatic heterocycles. The third-order valence-electron chi connectivity index (χ3n) is 3.59. The summed E-state index contributed by atoms with van der Waals surface area (Å²) >= 11 is 1.51. The summed E-state index contributed by atoms with van der Waals surface area (Å²) in [5.41, 5.74) is 8.26. The number of nitrogens with zero attached hydrogens (tertiary/aromatic N) is 3. The van der Waals surface area contributed by atoms with Crippen LogP contribution in [0.1, 0.15) is 17.8 Å². The Morgan fingerprint density at radius 2 is 2.00 bits per heavy atom. The van der Waals surface area contributed by atoms with Crippen molar-refractivity contribution < 1.29 is 4.79 Å². The lowest BCUT2D eigenvalue weighted by molar-refractivity contribution is -0.115. The van der Waals surface area contributed by atoms with Crippen LogP contribution in [0.3, 0.4) is 0 Å². The maximum atomic E-state index is 11.4. The van der Waals surface area contributed by atoms with Crippen LogP contribution >= 0.6 is 11.8 Å². The first-order valence-electron chi connectivity index (χ1n) is 8.23. The number of carbonyl (C=O) groups excluding carboxylic acids is 1. The number of hydrogen-bond acceptors (Lipinski definition) is 6. The standard InChI is InChI=1S/C20H17N5OS/c21-10-8-19(26)24-16-4-6-17(7-5-16)27-20-9-11-23-18(25-20)13-14-2-1-3-15(22)12-14/h1-7,9,11-12H,8,13,22H2,(H,24,26). The van der Waals surface area contributed by atoms with Crippen molar-refractivity contribution in [1.29, 1.82) is 5.26 Å². The number of nitrogens with two attached hydrogens (primary N) is 1. The molecule has 3 rings (SSSR count).